The van der Waals surface area contributed by atoms with Gasteiger partial charge in [0.15, 0.2) is 0 Å². The second kappa shape index (κ2) is 6.86. The van der Waals surface area contributed by atoms with E-state index in [0.29, 0.717) is 12.8 Å². The number of rotatable bonds is 9. The highest BCUT2D eigenvalue weighted by molar-refractivity contribution is 5.01. The molecule has 0 fully saturated rings. The lowest BCUT2D eigenvalue weighted by molar-refractivity contribution is -0.447. The molecule has 0 saturated carbocycles. The monoisotopic (exact) mass is 346 g/mol. The third-order valence-electron chi connectivity index (χ3n) is 7.54. The first kappa shape index (κ1) is 23.8. The van der Waals surface area contributed by atoms with E-state index in [-0.39, 0.29) is 0 Å². The van der Waals surface area contributed by atoms with Crippen molar-refractivity contribution < 1.29 is 20.0 Å². The third-order valence-corrected chi connectivity index (χ3v) is 7.54. The van der Waals surface area contributed by atoms with Gasteiger partial charge in [-0.25, -0.2) is 9.78 Å². The lowest BCUT2D eigenvalue weighted by atomic mass is 9.64. The molecule has 4 nitrogen and oxygen atoms in total. The molecule has 2 atom stereocenters. The molecule has 0 aliphatic rings. The molecule has 146 valence electrons. The van der Waals surface area contributed by atoms with Gasteiger partial charge in [-0.05, 0) is 54.4 Å². The van der Waals surface area contributed by atoms with Crippen molar-refractivity contribution in [1.82, 2.24) is 0 Å². The number of hydrogen-bond donors (Lipinski definition) is 2. The SMILES string of the molecule is CCC(C)(O)C(C)(C)C(C)(C)OOC(C)(C)C(C)(C)C(C)(O)CC. The highest BCUT2D eigenvalue weighted by Gasteiger charge is 2.54. The maximum atomic E-state index is 10.8. The van der Waals surface area contributed by atoms with Gasteiger partial charge in [-0.1, -0.05) is 41.5 Å². The van der Waals surface area contributed by atoms with Gasteiger partial charge in [0.1, 0.15) is 11.2 Å². The van der Waals surface area contributed by atoms with Gasteiger partial charge in [-0.3, -0.25) is 0 Å². The Morgan fingerprint density at radius 1 is 0.542 bits per heavy atom. The van der Waals surface area contributed by atoms with Crippen molar-refractivity contribution in [3.05, 3.63) is 0 Å². The van der Waals surface area contributed by atoms with E-state index in [0.717, 1.165) is 0 Å². The first-order chi connectivity index (χ1) is 10.3. The molecule has 0 aromatic heterocycles. The maximum absolute atomic E-state index is 10.8. The van der Waals surface area contributed by atoms with E-state index in [1.165, 1.54) is 0 Å². The lowest BCUT2D eigenvalue weighted by Gasteiger charge is -2.53. The van der Waals surface area contributed by atoms with Gasteiger partial charge in [0.05, 0.1) is 11.2 Å². The van der Waals surface area contributed by atoms with Gasteiger partial charge in [-0.15, -0.1) is 0 Å². The van der Waals surface area contributed by atoms with Crippen molar-refractivity contribution in [2.45, 2.75) is 118 Å². The Morgan fingerprint density at radius 3 is 0.917 bits per heavy atom. The molecule has 0 aromatic rings. The minimum atomic E-state index is -0.894. The van der Waals surface area contributed by atoms with Gasteiger partial charge in [-0.2, -0.15) is 0 Å². The molecule has 2 unspecified atom stereocenters. The first-order valence-corrected chi connectivity index (χ1v) is 9.14. The van der Waals surface area contributed by atoms with Crippen LogP contribution in [0.15, 0.2) is 0 Å². The summed E-state index contributed by atoms with van der Waals surface area (Å²) in [5, 5.41) is 21.5. The van der Waals surface area contributed by atoms with Gasteiger partial charge in [0, 0.05) is 10.8 Å². The predicted molar refractivity (Wildman–Crippen MR) is 99.7 cm³/mol. The van der Waals surface area contributed by atoms with Gasteiger partial charge < -0.3 is 10.2 Å². The summed E-state index contributed by atoms with van der Waals surface area (Å²) in [6, 6.07) is 0. The fraction of sp³-hybridized carbons (Fsp3) is 1.00. The van der Waals surface area contributed by atoms with Crippen molar-refractivity contribution in [2.75, 3.05) is 0 Å². The van der Waals surface area contributed by atoms with Crippen molar-refractivity contribution in [1.29, 1.82) is 0 Å². The predicted octanol–water partition coefficient (Wildman–Crippen LogP) is 4.87. The summed E-state index contributed by atoms with van der Waals surface area (Å²) >= 11 is 0. The molecule has 0 rings (SSSR count). The summed E-state index contributed by atoms with van der Waals surface area (Å²) < 4.78 is 0. The van der Waals surface area contributed by atoms with Crippen LogP contribution < -0.4 is 0 Å². The van der Waals surface area contributed by atoms with Crippen LogP contribution in [0.2, 0.25) is 0 Å². The Morgan fingerprint density at radius 2 is 0.750 bits per heavy atom. The van der Waals surface area contributed by atoms with Crippen LogP contribution in [-0.4, -0.2) is 32.6 Å². The average molecular weight is 347 g/mol. The summed E-state index contributed by atoms with van der Waals surface area (Å²) in [5.41, 5.74) is -4.32. The Balaban J connectivity index is 5.44. The van der Waals surface area contributed by atoms with Crippen LogP contribution in [0.3, 0.4) is 0 Å². The quantitative estimate of drug-likeness (QED) is 0.462. The summed E-state index contributed by atoms with van der Waals surface area (Å²) in [6.07, 6.45) is 1.23. The Labute approximate surface area is 149 Å². The molecule has 0 spiro atoms. The molecule has 24 heavy (non-hydrogen) atoms. The van der Waals surface area contributed by atoms with Crippen LogP contribution in [0.5, 0.6) is 0 Å². The largest absolute Gasteiger partial charge is 0.390 e. The second-order valence-electron chi connectivity index (χ2n) is 9.69. The third kappa shape index (κ3) is 3.98. The molecule has 0 aromatic carbocycles. The van der Waals surface area contributed by atoms with E-state index >= 15 is 0 Å². The van der Waals surface area contributed by atoms with E-state index < -0.39 is 33.2 Å². The highest BCUT2D eigenvalue weighted by Crippen LogP contribution is 2.48. The van der Waals surface area contributed by atoms with Gasteiger partial charge in [0.25, 0.3) is 0 Å². The Bertz CT molecular complexity index is 377. The van der Waals surface area contributed by atoms with Gasteiger partial charge in [0.2, 0.25) is 0 Å². The van der Waals surface area contributed by atoms with Gasteiger partial charge >= 0.3 is 0 Å². The summed E-state index contributed by atoms with van der Waals surface area (Å²) in [7, 11) is 0. The maximum Gasteiger partial charge on any atom is 0.106 e. The minimum Gasteiger partial charge on any atom is -0.390 e. The molecule has 2 N–H and O–H groups in total. The number of aliphatic hydroxyl groups is 2. The zero-order valence-electron chi connectivity index (χ0n) is 18.1. The second-order valence-corrected chi connectivity index (χ2v) is 9.69. The van der Waals surface area contributed by atoms with Crippen LogP contribution in [0.4, 0.5) is 0 Å². The minimum absolute atomic E-state index is 0.539. The smallest absolute Gasteiger partial charge is 0.106 e. The zero-order valence-corrected chi connectivity index (χ0v) is 18.1. The Hall–Kier alpha value is -0.160. The van der Waals surface area contributed by atoms with Crippen molar-refractivity contribution >= 4 is 0 Å². The normalized spacial score (nSPS) is 19.8. The summed E-state index contributed by atoms with van der Waals surface area (Å²) in [6.45, 7) is 23.2. The van der Waals surface area contributed by atoms with Crippen LogP contribution >= 0.6 is 0 Å². The van der Waals surface area contributed by atoms with E-state index in [1.54, 1.807) is 0 Å². The van der Waals surface area contributed by atoms with Crippen LogP contribution in [0.25, 0.3) is 0 Å². The van der Waals surface area contributed by atoms with Crippen LogP contribution in [0.1, 0.15) is 95.9 Å². The Kier molecular flexibility index (Phi) is 6.82. The topological polar surface area (TPSA) is 58.9 Å². The van der Waals surface area contributed by atoms with Crippen molar-refractivity contribution in [3.63, 3.8) is 0 Å². The summed E-state index contributed by atoms with van der Waals surface area (Å²) in [5.74, 6) is 0. The molecule has 0 aliphatic heterocycles. The fourth-order valence-corrected chi connectivity index (χ4v) is 2.60. The standard InChI is InChI=1S/C20H42O4/c1-13-19(11,21)15(3,4)17(7,8)23-24-18(9,10)16(5,6)20(12,22)14-2/h21-22H,13-14H2,1-12H3. The van der Waals surface area contributed by atoms with Crippen LogP contribution in [-0.2, 0) is 9.78 Å². The van der Waals surface area contributed by atoms with E-state index in [2.05, 4.69) is 0 Å². The molecule has 0 amide bonds. The summed E-state index contributed by atoms with van der Waals surface area (Å²) in [4.78, 5) is 11.8. The first-order valence-electron chi connectivity index (χ1n) is 9.14. The van der Waals surface area contributed by atoms with E-state index in [1.807, 2.05) is 83.1 Å². The molecular formula is C20H42O4. The lowest BCUT2D eigenvalue weighted by Crippen LogP contribution is -2.59. The fourth-order valence-electron chi connectivity index (χ4n) is 2.60. The van der Waals surface area contributed by atoms with Crippen molar-refractivity contribution in [2.24, 2.45) is 10.8 Å². The molecular weight excluding hydrogens is 304 g/mol. The van der Waals surface area contributed by atoms with Crippen molar-refractivity contribution in [3.8, 4) is 0 Å². The average Bonchev–Trinajstić information content (AvgIpc) is 2.44. The molecule has 0 aliphatic carbocycles. The molecule has 0 bridgehead atoms. The number of hydrogen-bond acceptors (Lipinski definition) is 4. The molecule has 0 heterocycles. The van der Waals surface area contributed by atoms with E-state index in [9.17, 15) is 10.2 Å². The van der Waals surface area contributed by atoms with Crippen LogP contribution in [0, 0.1) is 10.8 Å². The van der Waals surface area contributed by atoms with E-state index in [4.69, 9.17) is 9.78 Å². The highest BCUT2D eigenvalue weighted by atomic mass is 17.2. The zero-order chi connectivity index (χ0) is 19.8. The molecule has 4 heteroatoms. The molecule has 0 saturated heterocycles. The molecule has 0 radical (unpaired) electrons.